The van der Waals surface area contributed by atoms with E-state index in [2.05, 4.69) is 30.7 Å². The average molecular weight is 491 g/mol. The van der Waals surface area contributed by atoms with Crippen LogP contribution in [0.15, 0.2) is 85.5 Å². The minimum Gasteiger partial charge on any atom is -0.424 e. The van der Waals surface area contributed by atoms with Crippen molar-refractivity contribution in [2.24, 2.45) is 0 Å². The number of anilines is 2. The third-order valence-corrected chi connectivity index (χ3v) is 4.99. The van der Waals surface area contributed by atoms with Crippen LogP contribution in [0.4, 0.5) is 29.3 Å². The number of rotatable bonds is 5. The van der Waals surface area contributed by atoms with E-state index >= 15 is 0 Å². The Morgan fingerprint density at radius 1 is 0.833 bits per heavy atom. The number of nitrogens with one attached hydrogen (secondary N) is 2. The van der Waals surface area contributed by atoms with Crippen LogP contribution < -0.4 is 15.4 Å². The van der Waals surface area contributed by atoms with Gasteiger partial charge in [-0.1, -0.05) is 0 Å². The van der Waals surface area contributed by atoms with E-state index in [4.69, 9.17) is 4.74 Å². The molecule has 0 saturated heterocycles. The normalized spacial score (nSPS) is 11.3. The maximum Gasteiger partial charge on any atom is 0.416 e. The molecule has 0 bridgehead atoms. The third-order valence-electron chi connectivity index (χ3n) is 4.99. The summed E-state index contributed by atoms with van der Waals surface area (Å²) >= 11 is 0. The van der Waals surface area contributed by atoms with Gasteiger partial charge in [0.2, 0.25) is 0 Å². The number of hydrogen-bond donors (Lipinski definition) is 2. The molecule has 2 amide bonds. The van der Waals surface area contributed by atoms with Gasteiger partial charge in [0, 0.05) is 17.4 Å². The largest absolute Gasteiger partial charge is 0.424 e. The molecular weight excluding hydrogens is 475 g/mol. The fourth-order valence-electron chi connectivity index (χ4n) is 3.29. The number of carbonyl (C=O) groups excluding carboxylic acids is 1. The van der Waals surface area contributed by atoms with Gasteiger partial charge in [0.25, 0.3) is 0 Å². The lowest BCUT2D eigenvalue weighted by Gasteiger charge is -2.10. The SMILES string of the molecule is O=C(Nc1ccc(C(F)(F)F)cc1)Nc1cnc(Oc2ccc(-c3cnc4cccnn34)cc2)nc1. The molecule has 36 heavy (non-hydrogen) atoms. The monoisotopic (exact) mass is 491 g/mol. The Kier molecular flexibility index (Phi) is 5.90. The molecular formula is C24H16F3N7O2. The average Bonchev–Trinajstić information content (AvgIpc) is 3.30. The fraction of sp³-hybridized carbons (Fsp3) is 0.0417. The van der Waals surface area contributed by atoms with E-state index < -0.39 is 17.8 Å². The second-order valence-electron chi connectivity index (χ2n) is 7.47. The number of halogens is 3. The number of amides is 2. The summed E-state index contributed by atoms with van der Waals surface area (Å²) in [4.78, 5) is 24.6. The van der Waals surface area contributed by atoms with Crippen LogP contribution in [-0.4, -0.2) is 30.6 Å². The molecule has 0 unspecified atom stereocenters. The van der Waals surface area contributed by atoms with Crippen LogP contribution in [0.1, 0.15) is 5.56 Å². The summed E-state index contributed by atoms with van der Waals surface area (Å²) in [5, 5.41) is 9.23. The summed E-state index contributed by atoms with van der Waals surface area (Å²) < 4.78 is 45.3. The highest BCUT2D eigenvalue weighted by atomic mass is 19.4. The molecule has 0 fully saturated rings. The second-order valence-corrected chi connectivity index (χ2v) is 7.47. The van der Waals surface area contributed by atoms with Crippen molar-refractivity contribution in [3.8, 4) is 23.0 Å². The van der Waals surface area contributed by atoms with E-state index in [0.717, 1.165) is 41.2 Å². The van der Waals surface area contributed by atoms with Gasteiger partial charge in [-0.15, -0.1) is 0 Å². The van der Waals surface area contributed by atoms with Gasteiger partial charge in [-0.05, 0) is 60.7 Å². The number of ether oxygens (including phenoxy) is 1. The van der Waals surface area contributed by atoms with Crippen LogP contribution in [0.5, 0.6) is 11.8 Å². The van der Waals surface area contributed by atoms with E-state index in [1.54, 1.807) is 29.0 Å². The van der Waals surface area contributed by atoms with Gasteiger partial charge >= 0.3 is 18.2 Å². The standard InChI is InChI=1S/C24H16F3N7O2/c25-24(26,27)16-5-7-17(8-6-16)32-22(35)33-18-12-29-23(30-13-18)36-19-9-3-15(4-10-19)20-14-28-21-2-1-11-31-34(20)21/h1-14H,(H2,32,33,35). The van der Waals surface area contributed by atoms with Gasteiger partial charge < -0.3 is 15.4 Å². The molecule has 0 spiro atoms. The first-order valence-electron chi connectivity index (χ1n) is 10.5. The summed E-state index contributed by atoms with van der Waals surface area (Å²) in [5.74, 6) is 0.501. The van der Waals surface area contributed by atoms with E-state index in [1.165, 1.54) is 12.4 Å². The Labute approximate surface area is 201 Å². The first kappa shape index (κ1) is 22.8. The molecule has 0 aliphatic carbocycles. The Morgan fingerprint density at radius 2 is 1.53 bits per heavy atom. The molecule has 5 aromatic rings. The number of hydrogen-bond acceptors (Lipinski definition) is 6. The van der Waals surface area contributed by atoms with Crippen molar-refractivity contribution in [2.45, 2.75) is 6.18 Å². The Hall–Kier alpha value is -5.00. The Balaban J connectivity index is 1.18. The zero-order valence-electron chi connectivity index (χ0n) is 18.3. The first-order valence-corrected chi connectivity index (χ1v) is 10.5. The summed E-state index contributed by atoms with van der Waals surface area (Å²) in [6.45, 7) is 0. The number of imidazole rings is 1. The summed E-state index contributed by atoms with van der Waals surface area (Å²) in [7, 11) is 0. The van der Waals surface area contributed by atoms with Gasteiger partial charge in [0.1, 0.15) is 5.75 Å². The van der Waals surface area contributed by atoms with Gasteiger partial charge in [-0.25, -0.2) is 24.3 Å². The number of aromatic nitrogens is 5. The van der Waals surface area contributed by atoms with Crippen molar-refractivity contribution < 1.29 is 22.7 Å². The molecule has 0 radical (unpaired) electrons. The molecule has 0 saturated carbocycles. The van der Waals surface area contributed by atoms with Crippen LogP contribution >= 0.6 is 0 Å². The Bertz CT molecular complexity index is 1500. The number of nitrogens with zero attached hydrogens (tertiary/aromatic N) is 5. The van der Waals surface area contributed by atoms with Crippen LogP contribution in [-0.2, 0) is 6.18 Å². The van der Waals surface area contributed by atoms with Crippen LogP contribution in [0.2, 0.25) is 0 Å². The number of alkyl halides is 3. The molecule has 0 aliphatic rings. The number of carbonyl (C=O) groups is 1. The van der Waals surface area contributed by atoms with Crippen molar-refractivity contribution in [3.05, 3.63) is 91.0 Å². The van der Waals surface area contributed by atoms with Crippen LogP contribution in [0.25, 0.3) is 16.9 Å². The lowest BCUT2D eigenvalue weighted by molar-refractivity contribution is -0.137. The summed E-state index contributed by atoms with van der Waals surface area (Å²) in [6.07, 6.45) is 1.65. The predicted octanol–water partition coefficient (Wildman–Crippen LogP) is 5.64. The topological polar surface area (TPSA) is 106 Å². The molecule has 3 aromatic heterocycles. The van der Waals surface area contributed by atoms with E-state index in [-0.39, 0.29) is 17.4 Å². The summed E-state index contributed by atoms with van der Waals surface area (Å²) in [6, 6.07) is 14.4. The zero-order chi connectivity index (χ0) is 25.1. The van der Waals surface area contributed by atoms with Crippen molar-refractivity contribution in [1.82, 2.24) is 24.6 Å². The van der Waals surface area contributed by atoms with Gasteiger partial charge in [0.05, 0.1) is 35.5 Å². The van der Waals surface area contributed by atoms with Crippen molar-refractivity contribution in [1.29, 1.82) is 0 Å². The van der Waals surface area contributed by atoms with Gasteiger partial charge in [-0.2, -0.15) is 18.3 Å². The molecule has 0 atom stereocenters. The van der Waals surface area contributed by atoms with E-state index in [9.17, 15) is 18.0 Å². The predicted molar refractivity (Wildman–Crippen MR) is 125 cm³/mol. The Morgan fingerprint density at radius 3 is 2.22 bits per heavy atom. The quantitative estimate of drug-likeness (QED) is 0.330. The van der Waals surface area contributed by atoms with Gasteiger partial charge in [0.15, 0.2) is 5.65 Å². The lowest BCUT2D eigenvalue weighted by Crippen LogP contribution is -2.19. The molecule has 2 aromatic carbocycles. The van der Waals surface area contributed by atoms with Crippen LogP contribution in [0, 0.1) is 0 Å². The van der Waals surface area contributed by atoms with Crippen molar-refractivity contribution in [3.63, 3.8) is 0 Å². The fourth-order valence-corrected chi connectivity index (χ4v) is 3.29. The zero-order valence-corrected chi connectivity index (χ0v) is 18.3. The molecule has 2 N–H and O–H groups in total. The first-order chi connectivity index (χ1) is 17.3. The van der Waals surface area contributed by atoms with Crippen molar-refractivity contribution >= 4 is 23.1 Å². The highest BCUT2D eigenvalue weighted by molar-refractivity contribution is 5.99. The maximum atomic E-state index is 12.6. The maximum absolute atomic E-state index is 12.6. The number of benzene rings is 2. The van der Waals surface area contributed by atoms with E-state index in [0.29, 0.717) is 5.75 Å². The molecule has 12 heteroatoms. The van der Waals surface area contributed by atoms with Crippen molar-refractivity contribution in [2.75, 3.05) is 10.6 Å². The summed E-state index contributed by atoms with van der Waals surface area (Å²) in [5.41, 5.74) is 2.13. The minimum absolute atomic E-state index is 0.0629. The van der Waals surface area contributed by atoms with Gasteiger partial charge in [-0.3, -0.25) is 0 Å². The third kappa shape index (κ3) is 5.06. The smallest absolute Gasteiger partial charge is 0.416 e. The number of fused-ring (bicyclic) bond motifs is 1. The second kappa shape index (κ2) is 9.33. The molecule has 9 nitrogen and oxygen atoms in total. The molecule has 0 aliphatic heterocycles. The molecule has 5 rings (SSSR count). The molecule has 180 valence electrons. The number of urea groups is 1. The van der Waals surface area contributed by atoms with E-state index in [1.807, 2.05) is 24.3 Å². The highest BCUT2D eigenvalue weighted by Gasteiger charge is 2.30. The molecule has 3 heterocycles. The highest BCUT2D eigenvalue weighted by Crippen LogP contribution is 2.30. The lowest BCUT2D eigenvalue weighted by atomic mass is 10.1. The van der Waals surface area contributed by atoms with Crippen LogP contribution in [0.3, 0.4) is 0 Å². The minimum atomic E-state index is -4.45.